The lowest BCUT2D eigenvalue weighted by Crippen LogP contribution is -2.32. The van der Waals surface area contributed by atoms with E-state index in [4.69, 9.17) is 15.6 Å². The van der Waals surface area contributed by atoms with Gasteiger partial charge in [0.25, 0.3) is 0 Å². The molecule has 1 heterocycles. The molecule has 4 N–H and O–H groups in total. The van der Waals surface area contributed by atoms with Crippen LogP contribution in [0.15, 0.2) is 12.4 Å². The van der Waals surface area contributed by atoms with Crippen molar-refractivity contribution in [3.8, 4) is 0 Å². The average molecular weight is 214 g/mol. The van der Waals surface area contributed by atoms with E-state index >= 15 is 0 Å². The van der Waals surface area contributed by atoms with E-state index < -0.39 is 0 Å². The maximum Gasteiger partial charge on any atom is 0.179 e. The number of aliphatic hydroxyl groups is 2. The van der Waals surface area contributed by atoms with E-state index in [9.17, 15) is 5.21 Å². The van der Waals surface area contributed by atoms with E-state index in [1.165, 1.54) is 12.4 Å². The smallest absolute Gasteiger partial charge is 0.179 e. The van der Waals surface area contributed by atoms with Gasteiger partial charge >= 0.3 is 0 Å². The number of hydrogen-bond acceptors (Lipinski definition) is 6. The van der Waals surface area contributed by atoms with Crippen molar-refractivity contribution in [2.75, 3.05) is 31.2 Å². The number of hydrogen-bond donors (Lipinski definition) is 4. The van der Waals surface area contributed by atoms with Gasteiger partial charge in [0.05, 0.1) is 25.6 Å². The Hall–Kier alpha value is -1.60. The molecule has 0 aliphatic carbocycles. The van der Waals surface area contributed by atoms with Crippen molar-refractivity contribution in [2.45, 2.75) is 0 Å². The Labute approximate surface area is 86.3 Å². The van der Waals surface area contributed by atoms with Crippen molar-refractivity contribution in [3.63, 3.8) is 0 Å². The molecule has 1 rings (SSSR count). The molecule has 0 fully saturated rings. The molecular formula is C8H14N4O3. The van der Waals surface area contributed by atoms with Gasteiger partial charge in [0.15, 0.2) is 5.49 Å². The second-order valence-electron chi connectivity index (χ2n) is 2.91. The highest BCUT2D eigenvalue weighted by atomic mass is 16.5. The van der Waals surface area contributed by atoms with Crippen LogP contribution in [0.4, 0.5) is 5.82 Å². The molecule has 7 nitrogen and oxygen atoms in total. The molecular weight excluding hydrogens is 200 g/mol. The Morgan fingerprint density at radius 1 is 1.33 bits per heavy atom. The lowest BCUT2D eigenvalue weighted by atomic mass is 10.4. The molecule has 0 amide bonds. The molecule has 84 valence electrons. The summed E-state index contributed by atoms with van der Waals surface area (Å²) in [5, 5.41) is 34.0. The minimum absolute atomic E-state index is 0.0737. The molecule has 0 atom stereocenters. The SMILES string of the molecule is N=c1cnc(N(CCO)CCO)cn1O. The van der Waals surface area contributed by atoms with Crippen LogP contribution in [0, 0.1) is 5.41 Å². The van der Waals surface area contributed by atoms with Gasteiger partial charge in [-0.05, 0) is 0 Å². The Morgan fingerprint density at radius 3 is 2.40 bits per heavy atom. The normalized spacial score (nSPS) is 10.3. The van der Waals surface area contributed by atoms with Crippen molar-refractivity contribution in [1.82, 2.24) is 9.71 Å². The van der Waals surface area contributed by atoms with Gasteiger partial charge in [0.2, 0.25) is 0 Å². The van der Waals surface area contributed by atoms with Gasteiger partial charge in [-0.15, -0.1) is 0 Å². The summed E-state index contributed by atoms with van der Waals surface area (Å²) < 4.78 is 0.629. The predicted molar refractivity (Wildman–Crippen MR) is 51.7 cm³/mol. The first kappa shape index (κ1) is 11.5. The van der Waals surface area contributed by atoms with Gasteiger partial charge in [-0.2, -0.15) is 4.73 Å². The average Bonchev–Trinajstić information content (AvgIpc) is 2.22. The fourth-order valence-corrected chi connectivity index (χ4v) is 1.14. The molecule has 15 heavy (non-hydrogen) atoms. The number of nitrogens with one attached hydrogen (secondary N) is 1. The molecule has 0 aromatic carbocycles. The zero-order chi connectivity index (χ0) is 11.3. The zero-order valence-corrected chi connectivity index (χ0v) is 8.17. The first-order chi connectivity index (χ1) is 7.19. The fourth-order valence-electron chi connectivity index (χ4n) is 1.14. The fraction of sp³-hybridized carbons (Fsp3) is 0.500. The van der Waals surface area contributed by atoms with Crippen molar-refractivity contribution in [3.05, 3.63) is 17.9 Å². The van der Waals surface area contributed by atoms with E-state index in [-0.39, 0.29) is 18.7 Å². The van der Waals surface area contributed by atoms with Crippen LogP contribution >= 0.6 is 0 Å². The Kier molecular flexibility index (Phi) is 4.07. The summed E-state index contributed by atoms with van der Waals surface area (Å²) in [5.41, 5.74) is -0.133. The first-order valence-electron chi connectivity index (χ1n) is 4.48. The summed E-state index contributed by atoms with van der Waals surface area (Å²) in [4.78, 5) is 5.52. The highest BCUT2D eigenvalue weighted by Crippen LogP contribution is 2.05. The molecule has 7 heteroatoms. The van der Waals surface area contributed by atoms with Gasteiger partial charge in [-0.3, -0.25) is 5.41 Å². The summed E-state index contributed by atoms with van der Waals surface area (Å²) in [5.74, 6) is 0.400. The van der Waals surface area contributed by atoms with Gasteiger partial charge in [0.1, 0.15) is 5.82 Å². The molecule has 0 radical (unpaired) electrons. The lowest BCUT2D eigenvalue weighted by molar-refractivity contribution is 0.169. The van der Waals surface area contributed by atoms with Crippen LogP contribution < -0.4 is 10.4 Å². The van der Waals surface area contributed by atoms with Gasteiger partial charge < -0.3 is 20.3 Å². The molecule has 0 spiro atoms. The van der Waals surface area contributed by atoms with Gasteiger partial charge in [-0.1, -0.05) is 0 Å². The third kappa shape index (κ3) is 2.93. The van der Waals surface area contributed by atoms with Crippen LogP contribution in [0.5, 0.6) is 0 Å². The minimum atomic E-state index is -0.133. The second kappa shape index (κ2) is 5.32. The lowest BCUT2D eigenvalue weighted by Gasteiger charge is -2.21. The van der Waals surface area contributed by atoms with Crippen LogP contribution in [0.3, 0.4) is 0 Å². The Balaban J connectivity index is 2.90. The van der Waals surface area contributed by atoms with E-state index in [1.54, 1.807) is 4.90 Å². The summed E-state index contributed by atoms with van der Waals surface area (Å²) in [6.07, 6.45) is 2.45. The van der Waals surface area contributed by atoms with Crippen molar-refractivity contribution in [2.24, 2.45) is 0 Å². The van der Waals surface area contributed by atoms with Crippen LogP contribution in [0.2, 0.25) is 0 Å². The summed E-state index contributed by atoms with van der Waals surface area (Å²) in [7, 11) is 0. The molecule has 0 saturated carbocycles. The maximum atomic E-state index is 9.22. The third-order valence-electron chi connectivity index (χ3n) is 1.87. The van der Waals surface area contributed by atoms with Crippen molar-refractivity contribution in [1.29, 1.82) is 5.41 Å². The van der Waals surface area contributed by atoms with E-state index in [1.807, 2.05) is 0 Å². The summed E-state index contributed by atoms with van der Waals surface area (Å²) in [6.45, 7) is 0.473. The minimum Gasteiger partial charge on any atom is -0.427 e. The molecule has 1 aromatic rings. The Bertz CT molecular complexity index is 359. The standard InChI is InChI=1S/C8H14N4O3/c9-7-5-10-8(6-12(7)15)11(1-3-13)2-4-14/h5-6,9,13-15H,1-4H2. The molecule has 0 unspecified atom stereocenters. The highest BCUT2D eigenvalue weighted by molar-refractivity contribution is 5.34. The quantitative estimate of drug-likeness (QED) is 0.441. The van der Waals surface area contributed by atoms with Crippen molar-refractivity contribution >= 4 is 5.82 Å². The molecule has 0 saturated heterocycles. The van der Waals surface area contributed by atoms with E-state index in [0.29, 0.717) is 23.6 Å². The van der Waals surface area contributed by atoms with E-state index in [0.717, 1.165) is 0 Å². The number of anilines is 1. The topological polar surface area (TPSA) is 106 Å². The number of aromatic nitrogens is 2. The van der Waals surface area contributed by atoms with Crippen LogP contribution in [0.1, 0.15) is 0 Å². The Morgan fingerprint density at radius 2 is 1.93 bits per heavy atom. The maximum absolute atomic E-state index is 9.22. The van der Waals surface area contributed by atoms with Gasteiger partial charge in [-0.25, -0.2) is 4.98 Å². The largest absolute Gasteiger partial charge is 0.427 e. The van der Waals surface area contributed by atoms with Crippen LogP contribution in [-0.2, 0) is 0 Å². The molecule has 0 bridgehead atoms. The zero-order valence-electron chi connectivity index (χ0n) is 8.17. The van der Waals surface area contributed by atoms with E-state index in [2.05, 4.69) is 4.98 Å². The van der Waals surface area contributed by atoms with Crippen LogP contribution in [0.25, 0.3) is 0 Å². The number of nitrogens with zero attached hydrogens (tertiary/aromatic N) is 3. The van der Waals surface area contributed by atoms with Crippen molar-refractivity contribution < 1.29 is 15.4 Å². The first-order valence-corrected chi connectivity index (χ1v) is 4.48. The molecule has 0 aliphatic rings. The highest BCUT2D eigenvalue weighted by Gasteiger charge is 2.07. The molecule has 0 aliphatic heterocycles. The number of aliphatic hydroxyl groups excluding tert-OH is 2. The summed E-state index contributed by atoms with van der Waals surface area (Å²) >= 11 is 0. The predicted octanol–water partition coefficient (Wildman–Crippen LogP) is -1.61. The molecule has 1 aromatic heterocycles. The van der Waals surface area contributed by atoms with Gasteiger partial charge in [0, 0.05) is 13.1 Å². The monoisotopic (exact) mass is 214 g/mol. The third-order valence-corrected chi connectivity index (χ3v) is 1.87. The number of rotatable bonds is 5. The van der Waals surface area contributed by atoms with Crippen LogP contribution in [-0.4, -0.2) is 51.4 Å². The second-order valence-corrected chi connectivity index (χ2v) is 2.91. The summed E-state index contributed by atoms with van der Waals surface area (Å²) in [6, 6.07) is 0.